The van der Waals surface area contributed by atoms with Crippen molar-refractivity contribution in [1.29, 1.82) is 0 Å². The number of alkyl halides is 1. The Bertz CT molecular complexity index is 348. The summed E-state index contributed by atoms with van der Waals surface area (Å²) in [7, 11) is 0. The van der Waals surface area contributed by atoms with E-state index >= 15 is 0 Å². The number of carbonyl (C=O) groups is 1. The standard InChI is InChI=1S/C20H39BrO9/c1-2-3-20(22)30-19-18-29-17-16-28-15-14-27-13-12-26-11-10-25-9-8-24-7-6-23-5-4-21/h2-19H2,1H3. The van der Waals surface area contributed by atoms with Gasteiger partial charge >= 0.3 is 5.97 Å². The van der Waals surface area contributed by atoms with Gasteiger partial charge in [-0.3, -0.25) is 4.79 Å². The van der Waals surface area contributed by atoms with E-state index < -0.39 is 0 Å². The lowest BCUT2D eigenvalue weighted by molar-refractivity contribution is -0.145. The van der Waals surface area contributed by atoms with Crippen LogP contribution in [-0.4, -0.2) is 110 Å². The van der Waals surface area contributed by atoms with Crippen molar-refractivity contribution in [3.05, 3.63) is 0 Å². The maximum Gasteiger partial charge on any atom is 0.305 e. The molecule has 0 saturated heterocycles. The summed E-state index contributed by atoms with van der Waals surface area (Å²) in [4.78, 5) is 11.1. The molecule has 0 aromatic carbocycles. The van der Waals surface area contributed by atoms with Crippen LogP contribution in [0, 0.1) is 0 Å². The van der Waals surface area contributed by atoms with E-state index in [-0.39, 0.29) is 12.6 Å². The molecule has 0 rings (SSSR count). The lowest BCUT2D eigenvalue weighted by atomic mass is 10.3. The van der Waals surface area contributed by atoms with Gasteiger partial charge in [0.25, 0.3) is 0 Å². The molecule has 0 atom stereocenters. The van der Waals surface area contributed by atoms with Gasteiger partial charge in [0.2, 0.25) is 0 Å². The summed E-state index contributed by atoms with van der Waals surface area (Å²) in [5.74, 6) is -0.182. The molecule has 0 aromatic heterocycles. The second kappa shape index (κ2) is 26.7. The number of ether oxygens (including phenoxy) is 8. The van der Waals surface area contributed by atoms with Gasteiger partial charge in [-0.25, -0.2) is 0 Å². The topological polar surface area (TPSA) is 90.9 Å². The van der Waals surface area contributed by atoms with E-state index in [1.807, 2.05) is 6.92 Å². The summed E-state index contributed by atoms with van der Waals surface area (Å²) in [5, 5.41) is 0.839. The maximum atomic E-state index is 11.1. The Balaban J connectivity index is 3.03. The van der Waals surface area contributed by atoms with E-state index in [1.54, 1.807) is 0 Å². The van der Waals surface area contributed by atoms with Gasteiger partial charge < -0.3 is 37.9 Å². The first-order valence-electron chi connectivity index (χ1n) is 10.6. The highest BCUT2D eigenvalue weighted by molar-refractivity contribution is 9.09. The van der Waals surface area contributed by atoms with Crippen molar-refractivity contribution in [3.8, 4) is 0 Å². The van der Waals surface area contributed by atoms with Gasteiger partial charge in [-0.1, -0.05) is 22.9 Å². The van der Waals surface area contributed by atoms with Gasteiger partial charge in [-0.05, 0) is 6.42 Å². The number of hydrogen-bond acceptors (Lipinski definition) is 9. The zero-order chi connectivity index (χ0) is 22.0. The van der Waals surface area contributed by atoms with Crippen molar-refractivity contribution >= 4 is 21.9 Å². The normalized spacial score (nSPS) is 11.1. The third-order valence-corrected chi connectivity index (χ3v) is 3.72. The van der Waals surface area contributed by atoms with Crippen LogP contribution in [0.3, 0.4) is 0 Å². The average molecular weight is 503 g/mol. The predicted molar refractivity (Wildman–Crippen MR) is 115 cm³/mol. The molecule has 0 aliphatic rings. The van der Waals surface area contributed by atoms with Gasteiger partial charge in [0.1, 0.15) is 6.61 Å². The minimum Gasteiger partial charge on any atom is -0.463 e. The lowest BCUT2D eigenvalue weighted by Crippen LogP contribution is -2.15. The summed E-state index contributed by atoms with van der Waals surface area (Å²) in [5.41, 5.74) is 0. The molecule has 10 heteroatoms. The van der Waals surface area contributed by atoms with Crippen LogP contribution in [-0.2, 0) is 42.7 Å². The van der Waals surface area contributed by atoms with Crippen LogP contribution in [0.15, 0.2) is 0 Å². The van der Waals surface area contributed by atoms with Crippen LogP contribution in [0.4, 0.5) is 0 Å². The third kappa shape index (κ3) is 25.7. The molecule has 0 bridgehead atoms. The lowest BCUT2D eigenvalue weighted by Gasteiger charge is -2.08. The second-order valence-electron chi connectivity index (χ2n) is 5.95. The van der Waals surface area contributed by atoms with Gasteiger partial charge in [-0.2, -0.15) is 0 Å². The molecule has 9 nitrogen and oxygen atoms in total. The van der Waals surface area contributed by atoms with Crippen LogP contribution >= 0.6 is 15.9 Å². The number of halogens is 1. The highest BCUT2D eigenvalue weighted by Gasteiger charge is 1.99. The highest BCUT2D eigenvalue weighted by atomic mass is 79.9. The van der Waals surface area contributed by atoms with Crippen molar-refractivity contribution in [3.63, 3.8) is 0 Å². The summed E-state index contributed by atoms with van der Waals surface area (Å²) in [6.07, 6.45) is 1.24. The SMILES string of the molecule is CCCC(=O)OCCOCCOCCOCCOCCOCCOCCOCCBr. The first kappa shape index (κ1) is 29.7. The van der Waals surface area contributed by atoms with Crippen molar-refractivity contribution < 1.29 is 42.7 Å². The fourth-order valence-corrected chi connectivity index (χ4v) is 2.20. The molecule has 0 unspecified atom stereocenters. The summed E-state index contributed by atoms with van der Waals surface area (Å²) in [6.45, 7) is 9.63. The first-order chi connectivity index (χ1) is 14.8. The highest BCUT2D eigenvalue weighted by Crippen LogP contribution is 1.91. The van der Waals surface area contributed by atoms with Gasteiger partial charge in [-0.15, -0.1) is 0 Å². The Hall–Kier alpha value is -0.330. The fraction of sp³-hybridized carbons (Fsp3) is 0.950. The van der Waals surface area contributed by atoms with E-state index in [4.69, 9.17) is 37.9 Å². The number of carbonyl (C=O) groups excluding carboxylic acids is 1. The van der Waals surface area contributed by atoms with Crippen molar-refractivity contribution in [2.24, 2.45) is 0 Å². The van der Waals surface area contributed by atoms with Crippen LogP contribution < -0.4 is 0 Å². The molecule has 0 saturated carbocycles. The first-order valence-corrected chi connectivity index (χ1v) is 11.7. The Morgan fingerprint density at radius 1 is 0.533 bits per heavy atom. The molecule has 0 amide bonds. The summed E-state index contributed by atoms with van der Waals surface area (Å²) in [6, 6.07) is 0. The molecule has 0 N–H and O–H groups in total. The predicted octanol–water partition coefficient (Wildman–Crippen LogP) is 1.84. The number of esters is 1. The van der Waals surface area contributed by atoms with Crippen LogP contribution in [0.2, 0.25) is 0 Å². The Labute approximate surface area is 189 Å². The minimum absolute atomic E-state index is 0.182. The number of hydrogen-bond donors (Lipinski definition) is 0. The quantitative estimate of drug-likeness (QED) is 0.105. The Kier molecular flexibility index (Phi) is 26.4. The molecule has 0 heterocycles. The molecule has 30 heavy (non-hydrogen) atoms. The van der Waals surface area contributed by atoms with E-state index in [1.165, 1.54) is 0 Å². The van der Waals surface area contributed by atoms with Crippen molar-refractivity contribution in [2.75, 3.05) is 104 Å². The monoisotopic (exact) mass is 502 g/mol. The molecule has 180 valence electrons. The fourth-order valence-electron chi connectivity index (χ4n) is 1.97. The molecular weight excluding hydrogens is 464 g/mol. The third-order valence-electron chi connectivity index (χ3n) is 3.40. The molecule has 0 radical (unpaired) electrons. The molecular formula is C20H39BrO9. The maximum absolute atomic E-state index is 11.1. The van der Waals surface area contributed by atoms with E-state index in [0.717, 1.165) is 11.8 Å². The smallest absolute Gasteiger partial charge is 0.305 e. The van der Waals surface area contributed by atoms with Gasteiger partial charge in [0.05, 0.1) is 92.5 Å². The van der Waals surface area contributed by atoms with E-state index in [0.29, 0.717) is 98.9 Å². The van der Waals surface area contributed by atoms with Crippen molar-refractivity contribution in [1.82, 2.24) is 0 Å². The molecule has 0 fully saturated rings. The minimum atomic E-state index is -0.182. The summed E-state index contributed by atoms with van der Waals surface area (Å²) < 4.78 is 42.5. The summed E-state index contributed by atoms with van der Waals surface area (Å²) >= 11 is 3.29. The second-order valence-corrected chi connectivity index (χ2v) is 6.74. The van der Waals surface area contributed by atoms with E-state index in [2.05, 4.69) is 15.9 Å². The van der Waals surface area contributed by atoms with Crippen molar-refractivity contribution in [2.45, 2.75) is 19.8 Å². The van der Waals surface area contributed by atoms with Gasteiger partial charge in [0.15, 0.2) is 0 Å². The van der Waals surface area contributed by atoms with Gasteiger partial charge in [0, 0.05) is 11.8 Å². The number of rotatable bonds is 25. The van der Waals surface area contributed by atoms with Crippen LogP contribution in [0.25, 0.3) is 0 Å². The largest absolute Gasteiger partial charge is 0.463 e. The molecule has 0 spiro atoms. The molecule has 0 aliphatic heterocycles. The zero-order valence-corrected chi connectivity index (χ0v) is 19.9. The van der Waals surface area contributed by atoms with Crippen LogP contribution in [0.5, 0.6) is 0 Å². The average Bonchev–Trinajstić information content (AvgIpc) is 2.74. The molecule has 0 aliphatic carbocycles. The molecule has 0 aromatic rings. The zero-order valence-electron chi connectivity index (χ0n) is 18.3. The van der Waals surface area contributed by atoms with E-state index in [9.17, 15) is 4.79 Å². The Morgan fingerprint density at radius 3 is 1.13 bits per heavy atom. The van der Waals surface area contributed by atoms with Crippen LogP contribution in [0.1, 0.15) is 19.8 Å². The Morgan fingerprint density at radius 2 is 0.833 bits per heavy atom.